The van der Waals surface area contributed by atoms with Crippen LogP contribution in [0.2, 0.25) is 0 Å². The van der Waals surface area contributed by atoms with Crippen LogP contribution in [0.25, 0.3) is 10.2 Å². The van der Waals surface area contributed by atoms with Crippen molar-refractivity contribution in [1.29, 1.82) is 0 Å². The maximum Gasteiger partial charge on any atom is 0.262 e. The third-order valence-electron chi connectivity index (χ3n) is 6.72. The van der Waals surface area contributed by atoms with Crippen molar-refractivity contribution in [2.45, 2.75) is 49.6 Å². The Balaban J connectivity index is 1.25. The summed E-state index contributed by atoms with van der Waals surface area (Å²) in [7, 11) is 1.78. The summed E-state index contributed by atoms with van der Waals surface area (Å²) in [6.45, 7) is 6.07. The van der Waals surface area contributed by atoms with Gasteiger partial charge < -0.3 is 4.90 Å². The normalized spacial score (nSPS) is 17.8. The Kier molecular flexibility index (Phi) is 6.58. The van der Waals surface area contributed by atoms with Crippen LogP contribution in [0.3, 0.4) is 0 Å². The van der Waals surface area contributed by atoms with Crippen molar-refractivity contribution in [3.05, 3.63) is 56.7 Å². The average Bonchev–Trinajstić information content (AvgIpc) is 3.21. The number of thiophene rings is 1. The highest BCUT2D eigenvalue weighted by molar-refractivity contribution is 8.00. The minimum Gasteiger partial charge on any atom is -0.339 e. The molecule has 6 nitrogen and oxygen atoms in total. The minimum atomic E-state index is -0.282. The van der Waals surface area contributed by atoms with E-state index in [4.69, 9.17) is 4.98 Å². The van der Waals surface area contributed by atoms with Gasteiger partial charge in [0.2, 0.25) is 5.91 Å². The number of aryl methyl sites for hydroxylation is 2. The van der Waals surface area contributed by atoms with Gasteiger partial charge in [0.05, 0.1) is 10.6 Å². The number of carbonyl (C=O) groups excluding carboxylic acids is 1. The number of benzene rings is 1. The number of hydrogen-bond donors (Lipinski definition) is 0. The molecule has 1 saturated heterocycles. The predicted molar refractivity (Wildman–Crippen MR) is 135 cm³/mol. The Labute approximate surface area is 202 Å². The summed E-state index contributed by atoms with van der Waals surface area (Å²) in [4.78, 5) is 37.6. The van der Waals surface area contributed by atoms with Gasteiger partial charge in [0.1, 0.15) is 4.83 Å². The van der Waals surface area contributed by atoms with Gasteiger partial charge in [0.15, 0.2) is 5.16 Å². The van der Waals surface area contributed by atoms with E-state index >= 15 is 0 Å². The van der Waals surface area contributed by atoms with Gasteiger partial charge >= 0.3 is 0 Å². The molecule has 1 aliphatic heterocycles. The van der Waals surface area contributed by atoms with E-state index < -0.39 is 0 Å². The summed E-state index contributed by atoms with van der Waals surface area (Å²) in [6.07, 6.45) is 4.35. The zero-order valence-corrected chi connectivity index (χ0v) is 20.9. The van der Waals surface area contributed by atoms with Crippen molar-refractivity contribution < 1.29 is 4.79 Å². The second kappa shape index (κ2) is 9.60. The van der Waals surface area contributed by atoms with Crippen LogP contribution in [0.1, 0.15) is 35.8 Å². The molecule has 0 radical (unpaired) electrons. The van der Waals surface area contributed by atoms with Crippen LogP contribution >= 0.6 is 23.1 Å². The quantitative estimate of drug-likeness (QED) is 0.410. The number of nitrogens with zero attached hydrogens (tertiary/aromatic N) is 4. The van der Waals surface area contributed by atoms with Crippen molar-refractivity contribution in [2.24, 2.45) is 7.05 Å². The molecule has 1 amide bonds. The number of carbonyl (C=O) groups is 1. The maximum atomic E-state index is 13.2. The molecule has 1 aromatic carbocycles. The molecule has 174 valence electrons. The standard InChI is InChI=1S/C25H30N4O2S2/c1-17(23(30)29-14-12-28(13-15-29)16-18-8-4-3-5-9-18)32-25-26-22-21(24(31)27(25)2)19-10-6-7-11-20(19)33-22/h3-5,8-9,17H,6-7,10-16H2,1-2H3/t17-/m0/s1. The van der Waals surface area contributed by atoms with Crippen LogP contribution in [0.15, 0.2) is 40.3 Å². The number of fused-ring (bicyclic) bond motifs is 3. The first-order valence-electron chi connectivity index (χ1n) is 11.7. The zero-order valence-electron chi connectivity index (χ0n) is 19.2. The molecule has 0 saturated carbocycles. The summed E-state index contributed by atoms with van der Waals surface area (Å²) in [6, 6.07) is 10.5. The molecule has 5 rings (SSSR count). The van der Waals surface area contributed by atoms with Crippen LogP contribution < -0.4 is 5.56 Å². The fraction of sp³-hybridized carbons (Fsp3) is 0.480. The average molecular weight is 483 g/mol. The predicted octanol–water partition coefficient (Wildman–Crippen LogP) is 3.70. The van der Waals surface area contributed by atoms with Gasteiger partial charge in [-0.05, 0) is 43.7 Å². The van der Waals surface area contributed by atoms with E-state index in [9.17, 15) is 9.59 Å². The van der Waals surface area contributed by atoms with Crippen molar-refractivity contribution in [3.8, 4) is 0 Å². The summed E-state index contributed by atoms with van der Waals surface area (Å²) in [5.41, 5.74) is 2.54. The Hall–Kier alpha value is -2.16. The van der Waals surface area contributed by atoms with Crippen LogP contribution in [0, 0.1) is 0 Å². The molecular formula is C25H30N4O2S2. The lowest BCUT2D eigenvalue weighted by atomic mass is 9.97. The van der Waals surface area contributed by atoms with Crippen molar-refractivity contribution >= 4 is 39.2 Å². The lowest BCUT2D eigenvalue weighted by molar-refractivity contribution is -0.132. The highest BCUT2D eigenvalue weighted by Gasteiger charge is 2.28. The molecule has 33 heavy (non-hydrogen) atoms. The van der Waals surface area contributed by atoms with Crippen LogP contribution in [-0.4, -0.2) is 56.7 Å². The van der Waals surface area contributed by atoms with Crippen molar-refractivity contribution in [3.63, 3.8) is 0 Å². The highest BCUT2D eigenvalue weighted by atomic mass is 32.2. The Morgan fingerprint density at radius 1 is 1.12 bits per heavy atom. The van der Waals surface area contributed by atoms with Crippen molar-refractivity contribution in [2.75, 3.05) is 26.2 Å². The first kappa shape index (κ1) is 22.6. The van der Waals surface area contributed by atoms with Crippen LogP contribution in [0.5, 0.6) is 0 Å². The molecule has 1 fully saturated rings. The molecule has 0 N–H and O–H groups in total. The summed E-state index contributed by atoms with van der Waals surface area (Å²) in [5.74, 6) is 0.124. The summed E-state index contributed by atoms with van der Waals surface area (Å²) < 4.78 is 1.64. The summed E-state index contributed by atoms with van der Waals surface area (Å²) >= 11 is 3.07. The van der Waals surface area contributed by atoms with Gasteiger partial charge in [-0.15, -0.1) is 11.3 Å². The van der Waals surface area contributed by atoms with E-state index in [0.717, 1.165) is 62.2 Å². The van der Waals surface area contributed by atoms with E-state index in [1.165, 1.54) is 34.2 Å². The van der Waals surface area contributed by atoms with Gasteiger partial charge in [-0.2, -0.15) is 0 Å². The fourth-order valence-electron chi connectivity index (χ4n) is 4.81. The van der Waals surface area contributed by atoms with Crippen LogP contribution in [0.4, 0.5) is 0 Å². The van der Waals surface area contributed by atoms with Gasteiger partial charge in [0.25, 0.3) is 5.56 Å². The third-order valence-corrected chi connectivity index (χ3v) is 9.04. The van der Waals surface area contributed by atoms with Gasteiger partial charge in [-0.3, -0.25) is 19.1 Å². The van der Waals surface area contributed by atoms with E-state index in [1.54, 1.807) is 23.0 Å². The van der Waals surface area contributed by atoms with E-state index in [-0.39, 0.29) is 16.7 Å². The molecule has 1 aliphatic carbocycles. The number of piperazine rings is 1. The number of thioether (sulfide) groups is 1. The lowest BCUT2D eigenvalue weighted by Gasteiger charge is -2.35. The molecule has 0 bridgehead atoms. The SMILES string of the molecule is C[C@H](Sc1nc2sc3c(c2c(=O)n1C)CCCC3)C(=O)N1CCN(Cc2ccccc2)CC1. The first-order valence-corrected chi connectivity index (χ1v) is 13.4. The molecule has 0 unspecified atom stereocenters. The first-order chi connectivity index (χ1) is 16.0. The number of rotatable bonds is 5. The Morgan fingerprint density at radius 2 is 1.85 bits per heavy atom. The van der Waals surface area contributed by atoms with E-state index in [2.05, 4.69) is 29.2 Å². The molecule has 2 aromatic heterocycles. The van der Waals surface area contributed by atoms with Gasteiger partial charge in [0, 0.05) is 44.6 Å². The topological polar surface area (TPSA) is 58.4 Å². The molecule has 2 aliphatic rings. The van der Waals surface area contributed by atoms with Crippen LogP contribution in [-0.2, 0) is 31.2 Å². The maximum absolute atomic E-state index is 13.2. The number of hydrogen-bond acceptors (Lipinski definition) is 6. The monoisotopic (exact) mass is 482 g/mol. The Morgan fingerprint density at radius 3 is 2.61 bits per heavy atom. The molecule has 3 aromatic rings. The second-order valence-electron chi connectivity index (χ2n) is 9.00. The van der Waals surface area contributed by atoms with E-state index in [0.29, 0.717) is 5.16 Å². The molecule has 8 heteroatoms. The van der Waals surface area contributed by atoms with Gasteiger partial charge in [-0.25, -0.2) is 4.98 Å². The smallest absolute Gasteiger partial charge is 0.262 e. The molecule has 3 heterocycles. The minimum absolute atomic E-state index is 0.0241. The number of aromatic nitrogens is 2. The Bertz CT molecular complexity index is 1210. The second-order valence-corrected chi connectivity index (χ2v) is 11.4. The third kappa shape index (κ3) is 4.61. The highest BCUT2D eigenvalue weighted by Crippen LogP contribution is 2.35. The molecular weight excluding hydrogens is 452 g/mol. The summed E-state index contributed by atoms with van der Waals surface area (Å²) in [5, 5.41) is 1.15. The molecule has 0 spiro atoms. The lowest BCUT2D eigenvalue weighted by Crippen LogP contribution is -2.50. The van der Waals surface area contributed by atoms with Crippen molar-refractivity contribution in [1.82, 2.24) is 19.4 Å². The molecule has 1 atom stereocenters. The zero-order chi connectivity index (χ0) is 22.9. The fourth-order valence-corrected chi connectivity index (χ4v) is 7.07. The van der Waals surface area contributed by atoms with Gasteiger partial charge in [-0.1, -0.05) is 42.1 Å². The number of amides is 1. The largest absolute Gasteiger partial charge is 0.339 e. The van der Waals surface area contributed by atoms with E-state index in [1.807, 2.05) is 17.9 Å².